The second-order valence-corrected chi connectivity index (χ2v) is 7.32. The molecule has 2 amide bonds. The molecule has 0 aromatic carbocycles. The van der Waals surface area contributed by atoms with E-state index in [4.69, 9.17) is 9.57 Å². The third kappa shape index (κ3) is 3.95. The van der Waals surface area contributed by atoms with Gasteiger partial charge in [-0.25, -0.2) is 4.79 Å². The van der Waals surface area contributed by atoms with Crippen molar-refractivity contribution in [3.05, 3.63) is 0 Å². The van der Waals surface area contributed by atoms with Crippen LogP contribution in [0, 0.1) is 11.8 Å². The van der Waals surface area contributed by atoms with E-state index in [0.29, 0.717) is 0 Å². The van der Waals surface area contributed by atoms with Crippen LogP contribution in [-0.2, 0) is 14.4 Å². The monoisotopic (exact) mass is 329 g/mol. The van der Waals surface area contributed by atoms with Gasteiger partial charge in [0.1, 0.15) is 6.10 Å². The van der Waals surface area contributed by atoms with E-state index in [1.165, 1.54) is 6.92 Å². The molecule has 23 heavy (non-hydrogen) atoms. The molecule has 1 rings (SSSR count). The Balaban J connectivity index is 2.85. The lowest BCUT2D eigenvalue weighted by Crippen LogP contribution is -2.69. The zero-order valence-corrected chi connectivity index (χ0v) is 15.5. The molecule has 7 nitrogen and oxygen atoms in total. The van der Waals surface area contributed by atoms with Crippen molar-refractivity contribution in [3.63, 3.8) is 0 Å². The Morgan fingerprint density at radius 1 is 1.04 bits per heavy atom. The van der Waals surface area contributed by atoms with Crippen molar-refractivity contribution in [3.8, 4) is 0 Å². The van der Waals surface area contributed by atoms with Crippen LogP contribution in [0.15, 0.2) is 0 Å². The number of hydrogen-bond acceptors (Lipinski definition) is 5. The molecule has 134 valence electrons. The number of hydrogen-bond donors (Lipinski definition) is 2. The van der Waals surface area contributed by atoms with Gasteiger partial charge >= 0.3 is 6.09 Å². The predicted octanol–water partition coefficient (Wildman–Crippen LogP) is 1.88. The molecule has 0 saturated carbocycles. The summed E-state index contributed by atoms with van der Waals surface area (Å²) in [4.78, 5) is 28.5. The molecule has 0 bridgehead atoms. The van der Waals surface area contributed by atoms with E-state index < -0.39 is 6.09 Å². The third-order valence-electron chi connectivity index (χ3n) is 5.26. The molecule has 0 spiro atoms. The van der Waals surface area contributed by atoms with Crippen molar-refractivity contribution in [2.75, 3.05) is 13.8 Å². The molecule has 0 aromatic heterocycles. The van der Waals surface area contributed by atoms with Gasteiger partial charge in [0.25, 0.3) is 0 Å². The first kappa shape index (κ1) is 19.7. The van der Waals surface area contributed by atoms with Crippen LogP contribution in [0.1, 0.15) is 48.5 Å². The normalized spacial score (nSPS) is 29.7. The number of piperidine rings is 1. The molecule has 1 aliphatic heterocycles. The van der Waals surface area contributed by atoms with Crippen LogP contribution in [0.5, 0.6) is 0 Å². The molecule has 1 saturated heterocycles. The highest BCUT2D eigenvalue weighted by atomic mass is 16.7. The molecule has 2 unspecified atom stereocenters. The van der Waals surface area contributed by atoms with Gasteiger partial charge in [-0.05, 0) is 27.7 Å². The number of rotatable bonds is 4. The summed E-state index contributed by atoms with van der Waals surface area (Å²) in [6.45, 7) is 13.9. The fourth-order valence-electron chi connectivity index (χ4n) is 3.43. The van der Waals surface area contributed by atoms with E-state index in [9.17, 15) is 9.59 Å². The van der Waals surface area contributed by atoms with Crippen molar-refractivity contribution in [2.24, 2.45) is 11.8 Å². The van der Waals surface area contributed by atoms with Gasteiger partial charge in [-0.15, -0.1) is 0 Å². The number of nitrogens with one attached hydrogen (secondary N) is 2. The topological polar surface area (TPSA) is 79.9 Å². The molecule has 1 aliphatic rings. The molecular formula is C16H31N3O4. The van der Waals surface area contributed by atoms with Crippen LogP contribution < -0.4 is 10.6 Å². The van der Waals surface area contributed by atoms with Crippen LogP contribution in [0.2, 0.25) is 0 Å². The van der Waals surface area contributed by atoms with Gasteiger partial charge in [0, 0.05) is 29.8 Å². The second kappa shape index (κ2) is 7.05. The summed E-state index contributed by atoms with van der Waals surface area (Å²) in [6, 6.07) is 0. The van der Waals surface area contributed by atoms with Crippen molar-refractivity contribution in [1.29, 1.82) is 0 Å². The average molecular weight is 329 g/mol. The lowest BCUT2D eigenvalue weighted by atomic mass is 9.67. The summed E-state index contributed by atoms with van der Waals surface area (Å²) in [5, 5.41) is 7.04. The van der Waals surface area contributed by atoms with E-state index in [-0.39, 0.29) is 41.6 Å². The first-order valence-corrected chi connectivity index (χ1v) is 7.99. The van der Waals surface area contributed by atoms with Crippen molar-refractivity contribution >= 4 is 12.0 Å². The highest BCUT2D eigenvalue weighted by molar-refractivity contribution is 5.73. The SMILES string of the molecule is CON1C(C)(C)C(C)C(OC(=O)NCNC(C)=O)C(C)C1(C)C. The van der Waals surface area contributed by atoms with E-state index in [0.717, 1.165) is 0 Å². The fraction of sp³-hybridized carbons (Fsp3) is 0.875. The quantitative estimate of drug-likeness (QED) is 0.770. The third-order valence-corrected chi connectivity index (χ3v) is 5.26. The van der Waals surface area contributed by atoms with Gasteiger partial charge in [-0.3, -0.25) is 4.79 Å². The molecule has 0 aromatic rings. The lowest BCUT2D eigenvalue weighted by molar-refractivity contribution is -0.309. The Morgan fingerprint density at radius 2 is 1.52 bits per heavy atom. The van der Waals surface area contributed by atoms with Gasteiger partial charge in [-0.1, -0.05) is 13.8 Å². The van der Waals surface area contributed by atoms with Gasteiger partial charge in [0.05, 0.1) is 13.8 Å². The van der Waals surface area contributed by atoms with Crippen molar-refractivity contribution in [2.45, 2.75) is 65.6 Å². The number of alkyl carbamates (subject to hydrolysis) is 1. The zero-order valence-electron chi connectivity index (χ0n) is 15.5. The number of nitrogens with zero attached hydrogens (tertiary/aromatic N) is 1. The highest BCUT2D eigenvalue weighted by Crippen LogP contribution is 2.46. The van der Waals surface area contributed by atoms with Gasteiger partial charge < -0.3 is 20.2 Å². The summed E-state index contributed by atoms with van der Waals surface area (Å²) in [7, 11) is 1.67. The van der Waals surface area contributed by atoms with Crippen molar-refractivity contribution < 1.29 is 19.2 Å². The van der Waals surface area contributed by atoms with E-state index in [1.54, 1.807) is 7.11 Å². The summed E-state index contributed by atoms with van der Waals surface area (Å²) in [6.07, 6.45) is -0.788. The minimum Gasteiger partial charge on any atom is -0.445 e. The molecule has 7 heteroatoms. The summed E-state index contributed by atoms with van der Waals surface area (Å²) >= 11 is 0. The molecule has 0 radical (unpaired) electrons. The van der Waals surface area contributed by atoms with E-state index >= 15 is 0 Å². The first-order valence-electron chi connectivity index (χ1n) is 7.99. The summed E-state index contributed by atoms with van der Waals surface area (Å²) in [5.74, 6) is -0.0725. The maximum atomic E-state index is 12.0. The highest BCUT2D eigenvalue weighted by Gasteiger charge is 2.56. The Hall–Kier alpha value is -1.34. The smallest absolute Gasteiger partial charge is 0.408 e. The number of carbonyl (C=O) groups is 2. The molecule has 2 atom stereocenters. The predicted molar refractivity (Wildman–Crippen MR) is 87.4 cm³/mol. The molecule has 0 aliphatic carbocycles. The fourth-order valence-corrected chi connectivity index (χ4v) is 3.43. The van der Waals surface area contributed by atoms with Crippen LogP contribution in [-0.4, -0.2) is 48.0 Å². The largest absolute Gasteiger partial charge is 0.445 e. The number of amides is 2. The minimum absolute atomic E-state index is 0.0562. The Morgan fingerprint density at radius 3 is 1.91 bits per heavy atom. The molecule has 2 N–H and O–H groups in total. The number of carbonyl (C=O) groups excluding carboxylic acids is 2. The Labute approximate surface area is 139 Å². The second-order valence-electron chi connectivity index (χ2n) is 7.32. The van der Waals surface area contributed by atoms with Gasteiger partial charge in [-0.2, -0.15) is 5.06 Å². The van der Waals surface area contributed by atoms with Crippen LogP contribution in [0.25, 0.3) is 0 Å². The van der Waals surface area contributed by atoms with Crippen molar-refractivity contribution in [1.82, 2.24) is 15.7 Å². The number of hydroxylamine groups is 2. The maximum Gasteiger partial charge on any atom is 0.408 e. The summed E-state index contributed by atoms with van der Waals surface area (Å²) in [5.41, 5.74) is -0.597. The van der Waals surface area contributed by atoms with E-state index in [1.807, 2.05) is 5.06 Å². The average Bonchev–Trinajstić information content (AvgIpc) is 2.41. The Kier molecular flexibility index (Phi) is 6.04. The number of ether oxygens (including phenoxy) is 1. The lowest BCUT2D eigenvalue weighted by Gasteiger charge is -2.59. The summed E-state index contributed by atoms with van der Waals surface area (Å²) < 4.78 is 5.68. The van der Waals surface area contributed by atoms with E-state index in [2.05, 4.69) is 52.2 Å². The Bertz CT molecular complexity index is 429. The molecule has 1 fully saturated rings. The van der Waals surface area contributed by atoms with Crippen LogP contribution >= 0.6 is 0 Å². The minimum atomic E-state index is -0.528. The zero-order chi connectivity index (χ0) is 18.0. The van der Waals surface area contributed by atoms with Crippen LogP contribution in [0.3, 0.4) is 0 Å². The standard InChI is InChI=1S/C16H31N3O4/c1-10-13(23-14(21)18-9-17-12(3)20)11(2)16(6,7)19(22-8)15(10,4)5/h10-11,13H,9H2,1-8H3,(H,17,20)(H,18,21). The molecular weight excluding hydrogens is 298 g/mol. The van der Waals surface area contributed by atoms with Crippen LogP contribution in [0.4, 0.5) is 4.79 Å². The molecule has 1 heterocycles. The maximum absolute atomic E-state index is 12.0. The van der Waals surface area contributed by atoms with Gasteiger partial charge in [0.2, 0.25) is 5.91 Å². The van der Waals surface area contributed by atoms with Gasteiger partial charge in [0.15, 0.2) is 0 Å². The first-order chi connectivity index (χ1) is 10.5.